The van der Waals surface area contributed by atoms with E-state index in [0.717, 1.165) is 37.2 Å². The molecule has 0 heterocycles. The van der Waals surface area contributed by atoms with Crippen LogP contribution in [0.15, 0.2) is 60.7 Å². The maximum atomic E-state index is 13.9. The van der Waals surface area contributed by atoms with E-state index in [9.17, 15) is 9.13 Å². The summed E-state index contributed by atoms with van der Waals surface area (Å²) >= 11 is 8.49. The molecule has 27 heavy (non-hydrogen) atoms. The van der Waals surface area contributed by atoms with E-state index in [1.165, 1.54) is 0 Å². The predicted octanol–water partition coefficient (Wildman–Crippen LogP) is 5.63. The Hall–Kier alpha value is -0.440. The van der Waals surface area contributed by atoms with E-state index in [1.807, 2.05) is 60.7 Å². The van der Waals surface area contributed by atoms with Crippen LogP contribution in [-0.2, 0) is 13.4 Å². The van der Waals surface area contributed by atoms with Crippen molar-refractivity contribution in [3.8, 4) is 0 Å². The van der Waals surface area contributed by atoms with E-state index < -0.39 is 14.7 Å². The molecule has 0 spiro atoms. The average Bonchev–Trinajstić information content (AvgIpc) is 2.70. The molecular formula is C20H28O3P2S2. The van der Waals surface area contributed by atoms with Crippen LogP contribution in [0.5, 0.6) is 0 Å². The van der Waals surface area contributed by atoms with Gasteiger partial charge in [-0.25, -0.2) is 0 Å². The smallest absolute Gasteiger partial charge is 0.237 e. The monoisotopic (exact) mass is 442 g/mol. The summed E-state index contributed by atoms with van der Waals surface area (Å²) in [5.41, 5.74) is 0. The van der Waals surface area contributed by atoms with E-state index in [2.05, 4.69) is 25.3 Å². The molecule has 0 amide bonds. The molecule has 0 aliphatic rings. The van der Waals surface area contributed by atoms with E-state index in [1.54, 1.807) is 0 Å². The Morgan fingerprint density at radius 2 is 1.00 bits per heavy atom. The summed E-state index contributed by atoms with van der Waals surface area (Å²) in [5, 5.41) is 1.27. The Balaban J connectivity index is 2.37. The molecule has 0 saturated heterocycles. The van der Waals surface area contributed by atoms with E-state index in [4.69, 9.17) is 4.31 Å². The zero-order chi connectivity index (χ0) is 19.6. The lowest BCUT2D eigenvalue weighted by atomic mass is 10.4. The van der Waals surface area contributed by atoms with E-state index in [0.29, 0.717) is 22.9 Å². The van der Waals surface area contributed by atoms with Gasteiger partial charge in [0.05, 0.1) is 0 Å². The van der Waals surface area contributed by atoms with Gasteiger partial charge in [-0.2, -0.15) is 25.3 Å². The highest BCUT2D eigenvalue weighted by Gasteiger charge is 2.36. The van der Waals surface area contributed by atoms with Gasteiger partial charge in [0.2, 0.25) is 14.7 Å². The molecule has 2 atom stereocenters. The second-order valence-electron chi connectivity index (χ2n) is 6.41. The first-order valence-electron chi connectivity index (χ1n) is 9.26. The lowest BCUT2D eigenvalue weighted by Gasteiger charge is -2.26. The van der Waals surface area contributed by atoms with Crippen molar-refractivity contribution in [2.24, 2.45) is 0 Å². The van der Waals surface area contributed by atoms with Crippen LogP contribution in [-0.4, -0.2) is 23.8 Å². The summed E-state index contributed by atoms with van der Waals surface area (Å²) in [6.07, 6.45) is 3.89. The summed E-state index contributed by atoms with van der Waals surface area (Å²) < 4.78 is 33.9. The van der Waals surface area contributed by atoms with Crippen molar-refractivity contribution < 1.29 is 13.4 Å². The van der Waals surface area contributed by atoms with Gasteiger partial charge in [0.15, 0.2) is 0 Å². The Morgan fingerprint density at radius 1 is 0.630 bits per heavy atom. The van der Waals surface area contributed by atoms with Crippen LogP contribution in [0.3, 0.4) is 0 Å². The summed E-state index contributed by atoms with van der Waals surface area (Å²) in [5.74, 6) is 1.46. The van der Waals surface area contributed by atoms with Crippen LogP contribution >= 0.6 is 40.0 Å². The van der Waals surface area contributed by atoms with E-state index in [-0.39, 0.29) is 0 Å². The number of hydrogen-bond donors (Lipinski definition) is 2. The second kappa shape index (κ2) is 11.5. The van der Waals surface area contributed by atoms with Crippen LogP contribution < -0.4 is 10.6 Å². The maximum Gasteiger partial charge on any atom is 0.237 e. The molecular weight excluding hydrogens is 414 g/mol. The van der Waals surface area contributed by atoms with Crippen molar-refractivity contribution in [1.29, 1.82) is 0 Å². The zero-order valence-electron chi connectivity index (χ0n) is 15.4. The molecule has 0 saturated carbocycles. The van der Waals surface area contributed by atoms with Gasteiger partial charge in [0.25, 0.3) is 0 Å². The number of rotatable bonds is 12. The number of thiol groups is 2. The van der Waals surface area contributed by atoms with Gasteiger partial charge in [-0.05, 0) is 61.5 Å². The minimum atomic E-state index is -3.25. The number of hydrogen-bond acceptors (Lipinski definition) is 5. The second-order valence-corrected chi connectivity index (χ2v) is 12.6. The molecule has 0 aliphatic heterocycles. The highest BCUT2D eigenvalue weighted by molar-refractivity contribution is 7.80. The molecule has 0 aromatic heterocycles. The predicted molar refractivity (Wildman–Crippen MR) is 124 cm³/mol. The molecule has 0 radical (unpaired) electrons. The normalized spacial score (nSPS) is 15.8. The van der Waals surface area contributed by atoms with E-state index >= 15 is 0 Å². The molecule has 2 unspecified atom stereocenters. The standard InChI is InChI=1S/C20H28O3P2S2/c21-24(15-7-9-17-26,19-11-3-1-4-12-19)23-25(22,16-8-10-18-27)20-13-5-2-6-14-20/h1-6,11-14,26-27H,7-10,15-18H2. The fourth-order valence-corrected chi connectivity index (χ4v) is 9.43. The Labute approximate surface area is 174 Å². The highest BCUT2D eigenvalue weighted by Crippen LogP contribution is 2.63. The van der Waals surface area contributed by atoms with Gasteiger partial charge in [0, 0.05) is 22.9 Å². The molecule has 3 nitrogen and oxygen atoms in total. The SMILES string of the molecule is O=P(CCCCS)(OP(=O)(CCCCS)c1ccccc1)c1ccccc1. The first kappa shape index (κ1) is 22.8. The zero-order valence-corrected chi connectivity index (χ0v) is 19.0. The van der Waals surface area contributed by atoms with Crippen molar-refractivity contribution >= 4 is 50.6 Å². The van der Waals surface area contributed by atoms with Crippen LogP contribution in [0.1, 0.15) is 25.7 Å². The summed E-state index contributed by atoms with van der Waals surface area (Å²) in [7, 11) is -6.51. The van der Waals surface area contributed by atoms with Crippen molar-refractivity contribution in [2.75, 3.05) is 23.8 Å². The first-order valence-corrected chi connectivity index (χ1v) is 14.1. The van der Waals surface area contributed by atoms with Crippen LogP contribution in [0.2, 0.25) is 0 Å². The minimum Gasteiger partial charge on any atom is -0.287 e. The minimum absolute atomic E-state index is 0.376. The Bertz CT molecular complexity index is 704. The number of unbranched alkanes of at least 4 members (excludes halogenated alkanes) is 2. The summed E-state index contributed by atoms with van der Waals surface area (Å²) in [4.78, 5) is 0. The third kappa shape index (κ3) is 6.84. The molecule has 2 rings (SSSR count). The molecule has 0 N–H and O–H groups in total. The molecule has 7 heteroatoms. The largest absolute Gasteiger partial charge is 0.287 e. The number of benzene rings is 2. The maximum absolute atomic E-state index is 13.9. The van der Waals surface area contributed by atoms with Gasteiger partial charge >= 0.3 is 0 Å². The van der Waals surface area contributed by atoms with Gasteiger partial charge < -0.3 is 0 Å². The van der Waals surface area contributed by atoms with Crippen molar-refractivity contribution in [2.45, 2.75) is 25.7 Å². The van der Waals surface area contributed by atoms with Crippen LogP contribution in [0.25, 0.3) is 0 Å². The molecule has 0 aliphatic carbocycles. The van der Waals surface area contributed by atoms with Crippen LogP contribution in [0.4, 0.5) is 0 Å². The molecule has 2 aromatic carbocycles. The fourth-order valence-electron chi connectivity index (χ4n) is 2.82. The van der Waals surface area contributed by atoms with Gasteiger partial charge in [-0.3, -0.25) is 13.4 Å². The molecule has 148 valence electrons. The van der Waals surface area contributed by atoms with Crippen molar-refractivity contribution in [3.63, 3.8) is 0 Å². The third-order valence-electron chi connectivity index (χ3n) is 4.28. The van der Waals surface area contributed by atoms with Gasteiger partial charge in [-0.1, -0.05) is 36.4 Å². The van der Waals surface area contributed by atoms with Crippen LogP contribution in [0, 0.1) is 0 Å². The third-order valence-corrected chi connectivity index (χ3v) is 11.0. The first-order chi connectivity index (χ1) is 13.0. The fraction of sp³-hybridized carbons (Fsp3) is 0.400. The van der Waals surface area contributed by atoms with Gasteiger partial charge in [0.1, 0.15) is 0 Å². The van der Waals surface area contributed by atoms with Gasteiger partial charge in [-0.15, -0.1) is 0 Å². The van der Waals surface area contributed by atoms with Crippen molar-refractivity contribution in [1.82, 2.24) is 0 Å². The Morgan fingerprint density at radius 3 is 1.33 bits per heavy atom. The quantitative estimate of drug-likeness (QED) is 0.254. The average molecular weight is 443 g/mol. The van der Waals surface area contributed by atoms with Crippen molar-refractivity contribution in [3.05, 3.63) is 60.7 Å². The topological polar surface area (TPSA) is 43.4 Å². The summed E-state index contributed by atoms with van der Waals surface area (Å²) in [6, 6.07) is 18.4. The molecule has 2 aromatic rings. The Kier molecular flexibility index (Phi) is 9.76. The highest BCUT2D eigenvalue weighted by atomic mass is 32.1. The summed E-state index contributed by atoms with van der Waals surface area (Å²) in [6.45, 7) is 0. The lowest BCUT2D eigenvalue weighted by Crippen LogP contribution is -2.16. The lowest BCUT2D eigenvalue weighted by molar-refractivity contribution is 0.468. The molecule has 0 fully saturated rings. The molecule has 0 bridgehead atoms.